The predicted octanol–water partition coefficient (Wildman–Crippen LogP) is 6.10. The van der Waals surface area contributed by atoms with Crippen LogP contribution in [0.1, 0.15) is 58.2 Å². The van der Waals surface area contributed by atoms with Crippen LogP contribution in [0.15, 0.2) is 12.1 Å². The van der Waals surface area contributed by atoms with Gasteiger partial charge < -0.3 is 9.66 Å². The first-order valence-corrected chi connectivity index (χ1v) is 9.71. The van der Waals surface area contributed by atoms with Crippen LogP contribution >= 0.6 is 0 Å². The lowest BCUT2D eigenvalue weighted by Crippen LogP contribution is -2.53. The van der Waals surface area contributed by atoms with Gasteiger partial charge in [0.15, 0.2) is 0 Å². The Kier molecular flexibility index (Phi) is 6.97. The molecule has 0 aliphatic rings. The maximum atomic E-state index is 14.6. The van der Waals surface area contributed by atoms with Gasteiger partial charge in [0.2, 0.25) is 11.1 Å². The maximum Gasteiger partial charge on any atom is 0.439 e. The molecule has 1 unspecified atom stereocenters. The smallest absolute Gasteiger partial charge is 0.439 e. The Morgan fingerprint density at radius 3 is 1.42 bits per heavy atom. The van der Waals surface area contributed by atoms with E-state index in [9.17, 15) is 44.4 Å². The highest BCUT2D eigenvalue weighted by Crippen LogP contribution is 2.52. The summed E-state index contributed by atoms with van der Waals surface area (Å²) >= 11 is -4.70. The Hall–Kier alpha value is -1.47. The molecule has 13 heteroatoms. The first kappa shape index (κ1) is 27.6. The number of hydrogen-bond donors (Lipinski definition) is 2. The van der Waals surface area contributed by atoms with Gasteiger partial charge in [-0.15, -0.1) is 0 Å². The molecule has 0 fully saturated rings. The largest absolute Gasteiger partial charge is 0.507 e. The summed E-state index contributed by atoms with van der Waals surface area (Å²) in [7, 11) is 0. The van der Waals surface area contributed by atoms with E-state index in [0.29, 0.717) is 12.1 Å². The number of benzene rings is 1. The number of rotatable bonds is 6. The van der Waals surface area contributed by atoms with Crippen LogP contribution in [0.25, 0.3) is 0 Å². The van der Waals surface area contributed by atoms with E-state index in [1.165, 1.54) is 41.5 Å². The molecule has 0 aromatic heterocycles. The van der Waals surface area contributed by atoms with Crippen molar-refractivity contribution in [3.05, 3.63) is 28.8 Å². The third-order valence-corrected chi connectivity index (χ3v) is 4.94. The van der Waals surface area contributed by atoms with Gasteiger partial charge >= 0.3 is 23.4 Å². The van der Waals surface area contributed by atoms with Gasteiger partial charge in [0.1, 0.15) is 5.75 Å². The van der Waals surface area contributed by atoms with Gasteiger partial charge in [0.05, 0.1) is 0 Å². The van der Waals surface area contributed by atoms with Crippen LogP contribution in [0.2, 0.25) is 0 Å². The summed E-state index contributed by atoms with van der Waals surface area (Å²) in [4.78, 5) is 0. The summed E-state index contributed by atoms with van der Waals surface area (Å²) < 4.78 is 132. The Morgan fingerprint density at radius 2 is 1.13 bits per heavy atom. The molecule has 0 bridgehead atoms. The van der Waals surface area contributed by atoms with Crippen molar-refractivity contribution in [1.82, 2.24) is 0 Å². The summed E-state index contributed by atoms with van der Waals surface area (Å²) in [6.45, 7) is 8.73. The van der Waals surface area contributed by atoms with E-state index in [2.05, 4.69) is 4.74 Å². The zero-order valence-electron chi connectivity index (χ0n) is 17.3. The van der Waals surface area contributed by atoms with E-state index in [1.54, 1.807) is 0 Å². The van der Waals surface area contributed by atoms with Crippen LogP contribution in [-0.4, -0.2) is 31.3 Å². The van der Waals surface area contributed by atoms with Crippen molar-refractivity contribution in [1.29, 1.82) is 0 Å². The number of aromatic hydroxyl groups is 1. The SMILES string of the molecule is CC(C)(C)c1cc(C(F)(F)C(F)(F)OC(F)(F)C(F)(F)S(=O)O)cc(C(C)(C)C)c1O. The molecule has 31 heavy (non-hydrogen) atoms. The Bertz CT molecular complexity index is 822. The summed E-state index contributed by atoms with van der Waals surface area (Å²) in [6.07, 6.45) is -12.7. The van der Waals surface area contributed by atoms with Gasteiger partial charge in [0.25, 0.3) is 0 Å². The first-order chi connectivity index (χ1) is 13.4. The molecular weight excluding hydrogens is 464 g/mol. The molecule has 0 spiro atoms. The van der Waals surface area contributed by atoms with Crippen LogP contribution in [0.3, 0.4) is 0 Å². The number of ether oxygens (including phenoxy) is 1. The van der Waals surface area contributed by atoms with Gasteiger partial charge in [-0.1, -0.05) is 41.5 Å². The van der Waals surface area contributed by atoms with Crippen molar-refractivity contribution in [2.24, 2.45) is 0 Å². The van der Waals surface area contributed by atoms with Gasteiger partial charge in [-0.2, -0.15) is 35.1 Å². The van der Waals surface area contributed by atoms with Crippen molar-refractivity contribution in [3.8, 4) is 5.75 Å². The van der Waals surface area contributed by atoms with Crippen LogP contribution in [0.5, 0.6) is 5.75 Å². The van der Waals surface area contributed by atoms with E-state index in [1.807, 2.05) is 0 Å². The fourth-order valence-corrected chi connectivity index (χ4v) is 2.76. The van der Waals surface area contributed by atoms with Crippen LogP contribution < -0.4 is 0 Å². The Balaban J connectivity index is 3.71. The normalized spacial score (nSPS) is 15.8. The predicted molar refractivity (Wildman–Crippen MR) is 96.1 cm³/mol. The molecule has 0 heterocycles. The number of alkyl halides is 8. The number of halogens is 8. The zero-order valence-corrected chi connectivity index (χ0v) is 18.1. The lowest BCUT2D eigenvalue weighted by atomic mass is 9.77. The van der Waals surface area contributed by atoms with E-state index in [0.717, 1.165) is 0 Å². The van der Waals surface area contributed by atoms with Crippen molar-refractivity contribution < 1.29 is 53.7 Å². The quantitative estimate of drug-likeness (QED) is 0.377. The van der Waals surface area contributed by atoms with Crippen molar-refractivity contribution >= 4 is 11.1 Å². The monoisotopic (exact) mass is 486 g/mol. The highest BCUT2D eigenvalue weighted by atomic mass is 32.2. The average Bonchev–Trinajstić information content (AvgIpc) is 2.50. The molecule has 0 aliphatic carbocycles. The first-order valence-electron chi connectivity index (χ1n) is 8.60. The molecule has 1 rings (SSSR count). The lowest BCUT2D eigenvalue weighted by Gasteiger charge is -2.34. The molecule has 180 valence electrons. The van der Waals surface area contributed by atoms with Crippen molar-refractivity contribution in [2.45, 2.75) is 75.8 Å². The summed E-state index contributed by atoms with van der Waals surface area (Å²) in [5, 5.41) is 4.36. The third-order valence-electron chi connectivity index (χ3n) is 4.27. The minimum absolute atomic E-state index is 0.237. The third kappa shape index (κ3) is 5.14. The second-order valence-electron chi connectivity index (χ2n) is 8.90. The van der Waals surface area contributed by atoms with E-state index < -0.39 is 56.6 Å². The van der Waals surface area contributed by atoms with Gasteiger partial charge in [0, 0.05) is 16.7 Å². The van der Waals surface area contributed by atoms with E-state index in [-0.39, 0.29) is 11.1 Å². The minimum atomic E-state index is -6.42. The molecular formula is C18H22F8O4S. The molecule has 2 N–H and O–H groups in total. The van der Waals surface area contributed by atoms with Crippen molar-refractivity contribution in [3.63, 3.8) is 0 Å². The molecule has 0 saturated carbocycles. The molecule has 0 saturated heterocycles. The Labute approximate surface area is 175 Å². The fourth-order valence-electron chi connectivity index (χ4n) is 2.51. The number of phenols is 1. The van der Waals surface area contributed by atoms with Crippen LogP contribution in [0, 0.1) is 0 Å². The lowest BCUT2D eigenvalue weighted by molar-refractivity contribution is -0.459. The zero-order chi connectivity index (χ0) is 25.0. The van der Waals surface area contributed by atoms with Gasteiger partial charge in [-0.05, 0) is 23.0 Å². The van der Waals surface area contributed by atoms with E-state index in [4.69, 9.17) is 4.55 Å². The fraction of sp³-hybridized carbons (Fsp3) is 0.667. The van der Waals surface area contributed by atoms with E-state index >= 15 is 0 Å². The maximum absolute atomic E-state index is 14.6. The highest BCUT2D eigenvalue weighted by molar-refractivity contribution is 7.80. The molecule has 4 nitrogen and oxygen atoms in total. The van der Waals surface area contributed by atoms with Gasteiger partial charge in [-0.3, -0.25) is 0 Å². The standard InChI is InChI=1S/C18H22F8O4S/c1-13(2,3)10-7-9(8-11(12(10)27)14(4,5)6)15(19,20)16(21,22)30-17(23,24)18(25,26)31(28)29/h7-8,27H,1-6H3,(H,28,29). The highest BCUT2D eigenvalue weighted by Gasteiger charge is 2.72. The number of hydrogen-bond acceptors (Lipinski definition) is 3. The minimum Gasteiger partial charge on any atom is -0.507 e. The molecule has 0 radical (unpaired) electrons. The number of phenolic OH excluding ortho intramolecular Hbond substituents is 1. The Morgan fingerprint density at radius 1 is 0.774 bits per heavy atom. The van der Waals surface area contributed by atoms with Crippen LogP contribution in [-0.2, 0) is 32.6 Å². The van der Waals surface area contributed by atoms with Crippen molar-refractivity contribution in [2.75, 3.05) is 0 Å². The average molecular weight is 486 g/mol. The topological polar surface area (TPSA) is 66.8 Å². The molecule has 1 aromatic carbocycles. The summed E-state index contributed by atoms with van der Waals surface area (Å²) in [5.74, 6) is -6.09. The summed E-state index contributed by atoms with van der Waals surface area (Å²) in [5.41, 5.74) is -4.21. The van der Waals surface area contributed by atoms with Gasteiger partial charge in [-0.25, -0.2) is 8.95 Å². The summed E-state index contributed by atoms with van der Waals surface area (Å²) in [6, 6.07) is 0.866. The molecule has 1 atom stereocenters. The second kappa shape index (κ2) is 7.84. The molecule has 1 aromatic rings. The second-order valence-corrected chi connectivity index (χ2v) is 9.91. The van der Waals surface area contributed by atoms with Crippen LogP contribution in [0.4, 0.5) is 35.1 Å². The molecule has 0 amide bonds. The molecule has 0 aliphatic heterocycles.